The van der Waals surface area contributed by atoms with Gasteiger partial charge in [-0.3, -0.25) is 9.59 Å². The molecule has 0 bridgehead atoms. The molecule has 0 radical (unpaired) electrons. The number of hydrogen-bond acceptors (Lipinski definition) is 5. The molecule has 1 unspecified atom stereocenters. The number of furan rings is 1. The van der Waals surface area contributed by atoms with Gasteiger partial charge in [0, 0.05) is 19.5 Å². The van der Waals surface area contributed by atoms with Gasteiger partial charge in [0.25, 0.3) is 0 Å². The Balaban J connectivity index is 1.74. The first kappa shape index (κ1) is 26.4. The van der Waals surface area contributed by atoms with Gasteiger partial charge in [-0.15, -0.1) is 6.58 Å². The van der Waals surface area contributed by atoms with Gasteiger partial charge in [-0.05, 0) is 54.5 Å². The quantitative estimate of drug-likeness (QED) is 0.405. The molecule has 1 aromatic heterocycles. The zero-order valence-corrected chi connectivity index (χ0v) is 21.6. The summed E-state index contributed by atoms with van der Waals surface area (Å²) in [6, 6.07) is 9.40. The van der Waals surface area contributed by atoms with Crippen molar-refractivity contribution in [2.45, 2.75) is 60.5 Å². The average Bonchev–Trinajstić information content (AvgIpc) is 3.39. The maximum Gasteiger partial charge on any atom is 0.242 e. The first-order valence-electron chi connectivity index (χ1n) is 12.1. The first-order valence-corrected chi connectivity index (χ1v) is 12.1. The van der Waals surface area contributed by atoms with Gasteiger partial charge < -0.3 is 23.7 Å². The van der Waals surface area contributed by atoms with Crippen LogP contribution >= 0.6 is 0 Å². The van der Waals surface area contributed by atoms with Crippen LogP contribution in [0.1, 0.15) is 57.6 Å². The fraction of sp³-hybridized carbons (Fsp3) is 0.500. The second-order valence-corrected chi connectivity index (χ2v) is 10.6. The molecule has 2 aromatic rings. The maximum absolute atomic E-state index is 13.5. The summed E-state index contributed by atoms with van der Waals surface area (Å²) in [5.74, 6) is 2.87. The van der Waals surface area contributed by atoms with Crippen molar-refractivity contribution in [2.24, 2.45) is 11.3 Å². The topological polar surface area (TPSA) is 72.2 Å². The molecular formula is C28H38N2O5. The molecule has 3 rings (SSSR count). The van der Waals surface area contributed by atoms with Gasteiger partial charge in [0.15, 0.2) is 11.5 Å². The van der Waals surface area contributed by atoms with Crippen LogP contribution in [0.3, 0.4) is 0 Å². The van der Waals surface area contributed by atoms with Crippen LogP contribution in [0.15, 0.2) is 47.4 Å². The van der Waals surface area contributed by atoms with E-state index in [1.54, 1.807) is 15.9 Å². The SMILES string of the molecule is C=CCN(CC(=O)N(Cc1ccc2c(c1)OCO2)Cc1ccc(C)o1)C(=O)CC(C)CC(C)(C)C. The molecule has 1 aliphatic rings. The molecule has 2 amide bonds. The van der Waals surface area contributed by atoms with Crippen LogP contribution in [0, 0.1) is 18.3 Å². The van der Waals surface area contributed by atoms with Gasteiger partial charge in [-0.2, -0.15) is 0 Å². The van der Waals surface area contributed by atoms with E-state index in [2.05, 4.69) is 34.3 Å². The molecule has 0 spiro atoms. The van der Waals surface area contributed by atoms with E-state index in [9.17, 15) is 9.59 Å². The van der Waals surface area contributed by atoms with Crippen LogP contribution < -0.4 is 9.47 Å². The lowest BCUT2D eigenvalue weighted by atomic mass is 9.84. The van der Waals surface area contributed by atoms with Gasteiger partial charge in [0.1, 0.15) is 18.1 Å². The molecule has 2 heterocycles. The van der Waals surface area contributed by atoms with E-state index in [1.807, 2.05) is 37.3 Å². The van der Waals surface area contributed by atoms with Crippen molar-refractivity contribution in [1.29, 1.82) is 0 Å². The van der Waals surface area contributed by atoms with Crippen molar-refractivity contribution in [2.75, 3.05) is 19.9 Å². The lowest BCUT2D eigenvalue weighted by Crippen LogP contribution is -2.43. The largest absolute Gasteiger partial charge is 0.464 e. The summed E-state index contributed by atoms with van der Waals surface area (Å²) < 4.78 is 16.6. The number of amides is 2. The predicted molar refractivity (Wildman–Crippen MR) is 135 cm³/mol. The Morgan fingerprint density at radius 2 is 1.80 bits per heavy atom. The molecule has 0 N–H and O–H groups in total. The zero-order chi connectivity index (χ0) is 25.6. The predicted octanol–water partition coefficient (Wildman–Crippen LogP) is 5.32. The Hall–Kier alpha value is -3.22. The number of benzene rings is 1. The van der Waals surface area contributed by atoms with Gasteiger partial charge >= 0.3 is 0 Å². The number of aryl methyl sites for hydroxylation is 1. The summed E-state index contributed by atoms with van der Waals surface area (Å²) in [7, 11) is 0. The molecule has 0 saturated carbocycles. The van der Waals surface area contributed by atoms with Crippen LogP contribution in [0.5, 0.6) is 11.5 Å². The van der Waals surface area contributed by atoms with E-state index < -0.39 is 0 Å². The summed E-state index contributed by atoms with van der Waals surface area (Å²) in [6.45, 7) is 15.4. The second kappa shape index (κ2) is 11.5. The standard InChI is InChI=1S/C28H38N2O5/c1-7-12-29(26(31)13-20(2)15-28(4,5)6)18-27(32)30(17-23-10-8-21(3)35-23)16-22-9-11-24-25(14-22)34-19-33-24/h7-11,14,20H,1,12-13,15-19H2,2-6H3. The van der Waals surface area contributed by atoms with Crippen LogP contribution in [0.4, 0.5) is 0 Å². The van der Waals surface area contributed by atoms with Crippen molar-refractivity contribution in [1.82, 2.24) is 9.80 Å². The lowest BCUT2D eigenvalue weighted by molar-refractivity contribution is -0.141. The molecule has 7 heteroatoms. The third-order valence-corrected chi connectivity index (χ3v) is 5.82. The molecule has 7 nitrogen and oxygen atoms in total. The smallest absolute Gasteiger partial charge is 0.242 e. The highest BCUT2D eigenvalue weighted by Gasteiger charge is 2.25. The fourth-order valence-electron chi connectivity index (χ4n) is 4.47. The number of nitrogens with zero attached hydrogens (tertiary/aromatic N) is 2. The van der Waals surface area contributed by atoms with E-state index in [-0.39, 0.29) is 36.5 Å². The monoisotopic (exact) mass is 482 g/mol. The van der Waals surface area contributed by atoms with Crippen LogP contribution in [-0.4, -0.2) is 41.5 Å². The average molecular weight is 483 g/mol. The Morgan fingerprint density at radius 3 is 2.46 bits per heavy atom. The summed E-state index contributed by atoms with van der Waals surface area (Å²) >= 11 is 0. The molecule has 1 atom stereocenters. The van der Waals surface area contributed by atoms with E-state index in [0.29, 0.717) is 43.3 Å². The van der Waals surface area contributed by atoms with E-state index >= 15 is 0 Å². The minimum Gasteiger partial charge on any atom is -0.464 e. The van der Waals surface area contributed by atoms with Crippen molar-refractivity contribution in [3.63, 3.8) is 0 Å². The minimum absolute atomic E-state index is 0.0165. The molecule has 0 saturated heterocycles. The number of hydrogen-bond donors (Lipinski definition) is 0. The summed E-state index contributed by atoms with van der Waals surface area (Å²) in [5, 5.41) is 0. The van der Waals surface area contributed by atoms with Crippen molar-refractivity contribution >= 4 is 11.8 Å². The van der Waals surface area contributed by atoms with E-state index in [1.165, 1.54) is 0 Å². The highest BCUT2D eigenvalue weighted by molar-refractivity contribution is 5.85. The molecule has 1 aliphatic heterocycles. The third kappa shape index (κ3) is 7.91. The van der Waals surface area contributed by atoms with Crippen LogP contribution in [0.25, 0.3) is 0 Å². The number of carbonyl (C=O) groups is 2. The van der Waals surface area contributed by atoms with Gasteiger partial charge in [0.05, 0.1) is 6.54 Å². The van der Waals surface area contributed by atoms with Crippen LogP contribution in [-0.2, 0) is 22.7 Å². The molecule has 1 aromatic carbocycles. The summed E-state index contributed by atoms with van der Waals surface area (Å²) in [6.07, 6.45) is 3.00. The Labute approximate surface area is 208 Å². The summed E-state index contributed by atoms with van der Waals surface area (Å²) in [5.41, 5.74) is 1.05. The maximum atomic E-state index is 13.5. The summed E-state index contributed by atoms with van der Waals surface area (Å²) in [4.78, 5) is 29.9. The van der Waals surface area contributed by atoms with Gasteiger partial charge in [-0.1, -0.05) is 39.8 Å². The number of ether oxygens (including phenoxy) is 2. The lowest BCUT2D eigenvalue weighted by Gasteiger charge is -2.28. The molecule has 0 aliphatic carbocycles. The number of rotatable bonds is 11. The number of fused-ring (bicyclic) bond motifs is 1. The third-order valence-electron chi connectivity index (χ3n) is 5.82. The van der Waals surface area contributed by atoms with Crippen molar-refractivity contribution in [3.05, 3.63) is 60.1 Å². The molecule has 35 heavy (non-hydrogen) atoms. The highest BCUT2D eigenvalue weighted by Crippen LogP contribution is 2.33. The zero-order valence-electron chi connectivity index (χ0n) is 21.6. The Morgan fingerprint density at radius 1 is 1.06 bits per heavy atom. The van der Waals surface area contributed by atoms with Gasteiger partial charge in [0.2, 0.25) is 18.6 Å². The Kier molecular flexibility index (Phi) is 8.65. The second-order valence-electron chi connectivity index (χ2n) is 10.6. The molecule has 190 valence electrons. The number of carbonyl (C=O) groups excluding carboxylic acids is 2. The van der Waals surface area contributed by atoms with E-state index in [0.717, 1.165) is 17.7 Å². The highest BCUT2D eigenvalue weighted by atomic mass is 16.7. The van der Waals surface area contributed by atoms with Crippen molar-refractivity contribution in [3.8, 4) is 11.5 Å². The first-order chi connectivity index (χ1) is 16.5. The normalized spacial score (nSPS) is 13.4. The van der Waals surface area contributed by atoms with Crippen LogP contribution in [0.2, 0.25) is 0 Å². The molecule has 0 fully saturated rings. The van der Waals surface area contributed by atoms with Crippen molar-refractivity contribution < 1.29 is 23.5 Å². The van der Waals surface area contributed by atoms with E-state index in [4.69, 9.17) is 13.9 Å². The minimum atomic E-state index is -0.157. The Bertz CT molecular complexity index is 1040. The van der Waals surface area contributed by atoms with Gasteiger partial charge in [-0.25, -0.2) is 0 Å². The molecular weight excluding hydrogens is 444 g/mol. The fourth-order valence-corrected chi connectivity index (χ4v) is 4.47.